The molecule has 150 valence electrons. The molecule has 27 heavy (non-hydrogen) atoms. The van der Waals surface area contributed by atoms with E-state index in [0.29, 0.717) is 12.6 Å². The van der Waals surface area contributed by atoms with Crippen molar-refractivity contribution >= 4 is 40.7 Å². The molecule has 0 amide bonds. The molecule has 1 aliphatic heterocycles. The molecule has 0 spiro atoms. The van der Waals surface area contributed by atoms with E-state index < -0.39 is 0 Å². The Morgan fingerprint density at radius 2 is 1.93 bits per heavy atom. The standard InChI is InChI=1S/C21H27BrN2O.2ClH/c1-2-24-12-6-9-20(24)15-23-14-18-13-19(22)10-11-21(18)25-16-17-7-4-3-5-8-17;;/h3-5,7-8,10-11,13,20,23H,2,6,9,12,14-16H2,1H3;2*1H. The lowest BCUT2D eigenvalue weighted by molar-refractivity contribution is 0.259. The van der Waals surface area contributed by atoms with Crippen LogP contribution in [0.3, 0.4) is 0 Å². The van der Waals surface area contributed by atoms with Gasteiger partial charge >= 0.3 is 0 Å². The van der Waals surface area contributed by atoms with Crippen LogP contribution in [0, 0.1) is 0 Å². The molecule has 2 aromatic carbocycles. The Kier molecular flexibility index (Phi) is 11.4. The summed E-state index contributed by atoms with van der Waals surface area (Å²) in [4.78, 5) is 2.57. The molecule has 1 unspecified atom stereocenters. The van der Waals surface area contributed by atoms with E-state index >= 15 is 0 Å². The molecular formula is C21H29BrCl2N2O. The molecule has 1 aliphatic rings. The van der Waals surface area contributed by atoms with Crippen LogP contribution in [0.2, 0.25) is 0 Å². The highest BCUT2D eigenvalue weighted by Gasteiger charge is 2.22. The minimum atomic E-state index is 0. The van der Waals surface area contributed by atoms with Gasteiger partial charge in [-0.1, -0.05) is 53.2 Å². The fraction of sp³-hybridized carbons (Fsp3) is 0.429. The molecule has 1 atom stereocenters. The monoisotopic (exact) mass is 474 g/mol. The Bertz CT molecular complexity index is 672. The number of hydrogen-bond donors (Lipinski definition) is 1. The quantitative estimate of drug-likeness (QED) is 0.549. The Hall–Kier alpha value is -0.780. The number of likely N-dealkylation sites (N-methyl/N-ethyl adjacent to an activating group) is 1. The lowest BCUT2D eigenvalue weighted by Gasteiger charge is -2.23. The Balaban J connectivity index is 0.00000182. The van der Waals surface area contributed by atoms with Crippen LogP contribution in [0.5, 0.6) is 5.75 Å². The number of nitrogens with zero attached hydrogens (tertiary/aromatic N) is 1. The Morgan fingerprint density at radius 1 is 1.15 bits per heavy atom. The molecule has 3 rings (SSSR count). The maximum absolute atomic E-state index is 6.07. The van der Waals surface area contributed by atoms with Crippen LogP contribution in [0.4, 0.5) is 0 Å². The zero-order valence-electron chi connectivity index (χ0n) is 15.7. The highest BCUT2D eigenvalue weighted by molar-refractivity contribution is 9.10. The number of ether oxygens (including phenoxy) is 1. The number of halogens is 3. The number of nitrogens with one attached hydrogen (secondary N) is 1. The van der Waals surface area contributed by atoms with Gasteiger partial charge in [0, 0.05) is 29.2 Å². The number of benzene rings is 2. The second kappa shape index (κ2) is 12.6. The van der Waals surface area contributed by atoms with Crippen molar-refractivity contribution in [3.8, 4) is 5.75 Å². The first-order chi connectivity index (χ1) is 12.3. The summed E-state index contributed by atoms with van der Waals surface area (Å²) in [5, 5.41) is 3.63. The number of likely N-dealkylation sites (tertiary alicyclic amines) is 1. The first-order valence-electron chi connectivity index (χ1n) is 9.16. The van der Waals surface area contributed by atoms with Crippen molar-refractivity contribution in [3.05, 3.63) is 64.1 Å². The molecule has 0 radical (unpaired) electrons. The van der Waals surface area contributed by atoms with Gasteiger partial charge in [0.25, 0.3) is 0 Å². The van der Waals surface area contributed by atoms with Gasteiger partial charge in [0.15, 0.2) is 0 Å². The lowest BCUT2D eigenvalue weighted by atomic mass is 10.1. The van der Waals surface area contributed by atoms with Crippen LogP contribution in [0.1, 0.15) is 30.9 Å². The van der Waals surface area contributed by atoms with Crippen LogP contribution in [0.25, 0.3) is 0 Å². The van der Waals surface area contributed by atoms with Gasteiger partial charge < -0.3 is 10.1 Å². The first-order valence-corrected chi connectivity index (χ1v) is 9.95. The molecular weight excluding hydrogens is 447 g/mol. The maximum atomic E-state index is 6.07. The van der Waals surface area contributed by atoms with E-state index in [-0.39, 0.29) is 24.8 Å². The van der Waals surface area contributed by atoms with Crippen molar-refractivity contribution < 1.29 is 4.74 Å². The minimum Gasteiger partial charge on any atom is -0.489 e. The van der Waals surface area contributed by atoms with Gasteiger partial charge in [-0.2, -0.15) is 0 Å². The molecule has 1 N–H and O–H groups in total. The minimum absolute atomic E-state index is 0. The fourth-order valence-corrected chi connectivity index (χ4v) is 3.89. The van der Waals surface area contributed by atoms with Crippen LogP contribution >= 0.6 is 40.7 Å². The third-order valence-electron chi connectivity index (χ3n) is 4.86. The molecule has 0 aromatic heterocycles. The molecule has 0 bridgehead atoms. The zero-order chi connectivity index (χ0) is 17.5. The summed E-state index contributed by atoms with van der Waals surface area (Å²) in [7, 11) is 0. The molecule has 3 nitrogen and oxygen atoms in total. The predicted molar refractivity (Wildman–Crippen MR) is 121 cm³/mol. The molecule has 1 heterocycles. The molecule has 0 saturated carbocycles. The molecule has 0 aliphatic carbocycles. The van der Waals surface area contributed by atoms with Crippen molar-refractivity contribution in [2.45, 2.75) is 39.0 Å². The van der Waals surface area contributed by atoms with Gasteiger partial charge in [-0.15, -0.1) is 24.8 Å². The summed E-state index contributed by atoms with van der Waals surface area (Å²) in [5.74, 6) is 0.957. The predicted octanol–water partition coefficient (Wildman–Crippen LogP) is 5.45. The van der Waals surface area contributed by atoms with Crippen molar-refractivity contribution in [1.82, 2.24) is 10.2 Å². The summed E-state index contributed by atoms with van der Waals surface area (Å²) in [6.45, 7) is 7.11. The zero-order valence-corrected chi connectivity index (χ0v) is 18.9. The van der Waals surface area contributed by atoms with Gasteiger partial charge in [-0.3, -0.25) is 4.90 Å². The van der Waals surface area contributed by atoms with Crippen LogP contribution < -0.4 is 10.1 Å². The van der Waals surface area contributed by atoms with Gasteiger partial charge in [-0.05, 0) is 49.7 Å². The maximum Gasteiger partial charge on any atom is 0.124 e. The summed E-state index contributed by atoms with van der Waals surface area (Å²) >= 11 is 3.58. The Labute approximate surface area is 183 Å². The summed E-state index contributed by atoms with van der Waals surface area (Å²) in [6, 6.07) is 17.2. The van der Waals surface area contributed by atoms with Crippen molar-refractivity contribution in [2.24, 2.45) is 0 Å². The van der Waals surface area contributed by atoms with E-state index in [1.807, 2.05) is 24.3 Å². The van der Waals surface area contributed by atoms with Crippen molar-refractivity contribution in [3.63, 3.8) is 0 Å². The van der Waals surface area contributed by atoms with Gasteiger partial charge in [-0.25, -0.2) is 0 Å². The fourth-order valence-electron chi connectivity index (χ4n) is 3.48. The largest absolute Gasteiger partial charge is 0.489 e. The van der Waals surface area contributed by atoms with Gasteiger partial charge in [0.2, 0.25) is 0 Å². The van der Waals surface area contributed by atoms with Crippen LogP contribution in [-0.2, 0) is 13.2 Å². The van der Waals surface area contributed by atoms with E-state index in [2.05, 4.69) is 57.3 Å². The van der Waals surface area contributed by atoms with Crippen LogP contribution in [0.15, 0.2) is 53.0 Å². The average Bonchev–Trinajstić information content (AvgIpc) is 3.09. The van der Waals surface area contributed by atoms with Crippen LogP contribution in [-0.4, -0.2) is 30.6 Å². The van der Waals surface area contributed by atoms with E-state index in [0.717, 1.165) is 29.9 Å². The van der Waals surface area contributed by atoms with Gasteiger partial charge in [0.05, 0.1) is 0 Å². The second-order valence-corrected chi connectivity index (χ2v) is 7.50. The van der Waals surface area contributed by atoms with Gasteiger partial charge in [0.1, 0.15) is 12.4 Å². The van der Waals surface area contributed by atoms with E-state index in [9.17, 15) is 0 Å². The highest BCUT2D eigenvalue weighted by atomic mass is 79.9. The van der Waals surface area contributed by atoms with E-state index in [1.54, 1.807) is 0 Å². The summed E-state index contributed by atoms with van der Waals surface area (Å²) in [5.41, 5.74) is 2.39. The first kappa shape index (κ1) is 24.3. The topological polar surface area (TPSA) is 24.5 Å². The number of rotatable bonds is 8. The highest BCUT2D eigenvalue weighted by Crippen LogP contribution is 2.24. The normalized spacial score (nSPS) is 16.4. The smallest absolute Gasteiger partial charge is 0.124 e. The summed E-state index contributed by atoms with van der Waals surface area (Å²) < 4.78 is 7.16. The average molecular weight is 476 g/mol. The number of hydrogen-bond acceptors (Lipinski definition) is 3. The van der Waals surface area contributed by atoms with E-state index in [4.69, 9.17) is 4.74 Å². The molecule has 1 saturated heterocycles. The van der Waals surface area contributed by atoms with Crippen molar-refractivity contribution in [2.75, 3.05) is 19.6 Å². The Morgan fingerprint density at radius 3 is 2.67 bits per heavy atom. The summed E-state index contributed by atoms with van der Waals surface area (Å²) in [6.07, 6.45) is 2.62. The lowest BCUT2D eigenvalue weighted by Crippen LogP contribution is -2.37. The molecule has 6 heteroatoms. The molecule has 2 aromatic rings. The third kappa shape index (κ3) is 7.28. The molecule has 1 fully saturated rings. The SMILES string of the molecule is CCN1CCCC1CNCc1cc(Br)ccc1OCc1ccccc1.Cl.Cl. The third-order valence-corrected chi connectivity index (χ3v) is 5.35. The second-order valence-electron chi connectivity index (χ2n) is 6.58. The van der Waals surface area contributed by atoms with E-state index in [1.165, 1.54) is 30.5 Å². The van der Waals surface area contributed by atoms with Crippen molar-refractivity contribution in [1.29, 1.82) is 0 Å².